The standard InChI is InChI=1S/C15H23NO/c1-11(16-4)10-15(2,3)13-5-6-14-12(9-13)7-8-17-14/h5-6,9,11,16H,7-8,10H2,1-4H3. The van der Waals surface area contributed by atoms with E-state index in [0.717, 1.165) is 25.2 Å². The summed E-state index contributed by atoms with van der Waals surface area (Å²) in [6.45, 7) is 7.71. The number of nitrogens with one attached hydrogen (secondary N) is 1. The Labute approximate surface area is 104 Å². The molecule has 0 aromatic heterocycles. The molecule has 0 aliphatic carbocycles. The summed E-state index contributed by atoms with van der Waals surface area (Å²) in [7, 11) is 2.03. The fourth-order valence-electron chi connectivity index (χ4n) is 2.59. The summed E-state index contributed by atoms with van der Waals surface area (Å²) >= 11 is 0. The molecule has 0 saturated heterocycles. The Morgan fingerprint density at radius 3 is 2.88 bits per heavy atom. The minimum Gasteiger partial charge on any atom is -0.493 e. The number of ether oxygens (including phenoxy) is 1. The van der Waals surface area contributed by atoms with Crippen molar-refractivity contribution in [3.63, 3.8) is 0 Å². The van der Waals surface area contributed by atoms with Gasteiger partial charge in [0.05, 0.1) is 6.61 Å². The molecule has 1 aromatic carbocycles. The van der Waals surface area contributed by atoms with Crippen LogP contribution < -0.4 is 10.1 Å². The average molecular weight is 233 g/mol. The maximum Gasteiger partial charge on any atom is 0.122 e. The molecular weight excluding hydrogens is 210 g/mol. The monoisotopic (exact) mass is 233 g/mol. The predicted octanol–water partition coefficient (Wildman–Crippen LogP) is 2.90. The Kier molecular flexibility index (Phi) is 3.43. The molecule has 17 heavy (non-hydrogen) atoms. The summed E-state index contributed by atoms with van der Waals surface area (Å²) in [5.74, 6) is 1.08. The molecule has 0 amide bonds. The number of hydrogen-bond acceptors (Lipinski definition) is 2. The maximum atomic E-state index is 5.56. The molecule has 0 fully saturated rings. The summed E-state index contributed by atoms with van der Waals surface area (Å²) in [6.07, 6.45) is 2.20. The van der Waals surface area contributed by atoms with Gasteiger partial charge in [0.2, 0.25) is 0 Å². The van der Waals surface area contributed by atoms with E-state index in [1.807, 2.05) is 7.05 Å². The number of hydrogen-bond donors (Lipinski definition) is 1. The van der Waals surface area contributed by atoms with Crippen molar-refractivity contribution in [1.82, 2.24) is 5.32 Å². The van der Waals surface area contributed by atoms with Gasteiger partial charge in [0.1, 0.15) is 5.75 Å². The highest BCUT2D eigenvalue weighted by Gasteiger charge is 2.24. The van der Waals surface area contributed by atoms with E-state index in [4.69, 9.17) is 4.74 Å². The van der Waals surface area contributed by atoms with Crippen LogP contribution in [0, 0.1) is 0 Å². The summed E-state index contributed by atoms with van der Waals surface area (Å²) in [5.41, 5.74) is 3.00. The Bertz CT molecular complexity index is 398. The molecule has 2 heteroatoms. The fraction of sp³-hybridized carbons (Fsp3) is 0.600. The molecule has 0 radical (unpaired) electrons. The van der Waals surface area contributed by atoms with Crippen LogP contribution in [0.2, 0.25) is 0 Å². The Balaban J connectivity index is 2.21. The zero-order chi connectivity index (χ0) is 12.5. The molecule has 1 aliphatic heterocycles. The largest absolute Gasteiger partial charge is 0.493 e. The molecule has 1 N–H and O–H groups in total. The SMILES string of the molecule is CNC(C)CC(C)(C)c1ccc2c(c1)CCO2. The van der Waals surface area contributed by atoms with Gasteiger partial charge in [0.25, 0.3) is 0 Å². The number of fused-ring (bicyclic) bond motifs is 1. The van der Waals surface area contributed by atoms with E-state index >= 15 is 0 Å². The highest BCUT2D eigenvalue weighted by Crippen LogP contribution is 2.33. The molecule has 94 valence electrons. The van der Waals surface area contributed by atoms with Crippen LogP contribution in [0.4, 0.5) is 0 Å². The van der Waals surface area contributed by atoms with Gasteiger partial charge in [0, 0.05) is 12.5 Å². The Hall–Kier alpha value is -1.02. The molecule has 1 atom stereocenters. The first-order chi connectivity index (χ1) is 8.03. The first-order valence-electron chi connectivity index (χ1n) is 6.46. The first-order valence-corrected chi connectivity index (χ1v) is 6.46. The van der Waals surface area contributed by atoms with Crippen molar-refractivity contribution in [2.75, 3.05) is 13.7 Å². The van der Waals surface area contributed by atoms with E-state index in [-0.39, 0.29) is 5.41 Å². The van der Waals surface area contributed by atoms with E-state index in [9.17, 15) is 0 Å². The molecule has 2 nitrogen and oxygen atoms in total. The topological polar surface area (TPSA) is 21.3 Å². The van der Waals surface area contributed by atoms with Gasteiger partial charge in [-0.3, -0.25) is 0 Å². The second-order valence-electron chi connectivity index (χ2n) is 5.70. The van der Waals surface area contributed by atoms with Crippen LogP contribution in [0.3, 0.4) is 0 Å². The van der Waals surface area contributed by atoms with Crippen molar-refractivity contribution < 1.29 is 4.74 Å². The number of benzene rings is 1. The molecule has 1 heterocycles. The van der Waals surface area contributed by atoms with Crippen LogP contribution in [0.25, 0.3) is 0 Å². The summed E-state index contributed by atoms with van der Waals surface area (Å²) < 4.78 is 5.56. The molecule has 0 spiro atoms. The average Bonchev–Trinajstić information content (AvgIpc) is 2.75. The molecule has 1 aromatic rings. The molecule has 0 bridgehead atoms. The van der Waals surface area contributed by atoms with Gasteiger partial charge in [-0.25, -0.2) is 0 Å². The van der Waals surface area contributed by atoms with Crippen LogP contribution in [-0.2, 0) is 11.8 Å². The lowest BCUT2D eigenvalue weighted by Crippen LogP contribution is -2.30. The minimum atomic E-state index is 0.208. The van der Waals surface area contributed by atoms with Crippen molar-refractivity contribution in [2.24, 2.45) is 0 Å². The lowest BCUT2D eigenvalue weighted by Gasteiger charge is -2.29. The molecular formula is C15H23NO. The molecule has 1 aliphatic rings. The van der Waals surface area contributed by atoms with E-state index in [0.29, 0.717) is 6.04 Å². The number of rotatable bonds is 4. The second-order valence-corrected chi connectivity index (χ2v) is 5.70. The highest BCUT2D eigenvalue weighted by atomic mass is 16.5. The third kappa shape index (κ3) is 2.63. The molecule has 0 saturated carbocycles. The first kappa shape index (κ1) is 12.4. The van der Waals surface area contributed by atoms with Gasteiger partial charge in [-0.15, -0.1) is 0 Å². The van der Waals surface area contributed by atoms with E-state index in [1.54, 1.807) is 0 Å². The molecule has 1 unspecified atom stereocenters. The van der Waals surface area contributed by atoms with Crippen molar-refractivity contribution >= 4 is 0 Å². The normalized spacial score (nSPS) is 16.5. The van der Waals surface area contributed by atoms with E-state index in [2.05, 4.69) is 44.3 Å². The van der Waals surface area contributed by atoms with Gasteiger partial charge in [0.15, 0.2) is 0 Å². The van der Waals surface area contributed by atoms with Crippen LogP contribution in [-0.4, -0.2) is 19.7 Å². The predicted molar refractivity (Wildman–Crippen MR) is 71.8 cm³/mol. The fourth-order valence-corrected chi connectivity index (χ4v) is 2.59. The van der Waals surface area contributed by atoms with Gasteiger partial charge in [-0.05, 0) is 43.0 Å². The zero-order valence-electron chi connectivity index (χ0n) is 11.3. The van der Waals surface area contributed by atoms with Crippen LogP contribution in [0.1, 0.15) is 38.3 Å². The van der Waals surface area contributed by atoms with Crippen LogP contribution in [0.5, 0.6) is 5.75 Å². The van der Waals surface area contributed by atoms with Crippen molar-refractivity contribution in [1.29, 1.82) is 0 Å². The van der Waals surface area contributed by atoms with Crippen molar-refractivity contribution in [3.05, 3.63) is 29.3 Å². The third-order valence-corrected chi connectivity index (χ3v) is 3.78. The maximum absolute atomic E-state index is 5.56. The Morgan fingerprint density at radius 2 is 2.18 bits per heavy atom. The van der Waals surface area contributed by atoms with Gasteiger partial charge in [-0.1, -0.05) is 26.0 Å². The minimum absolute atomic E-state index is 0.208. The zero-order valence-corrected chi connectivity index (χ0v) is 11.3. The lowest BCUT2D eigenvalue weighted by molar-refractivity contribution is 0.356. The third-order valence-electron chi connectivity index (χ3n) is 3.78. The van der Waals surface area contributed by atoms with E-state index < -0.39 is 0 Å². The van der Waals surface area contributed by atoms with Crippen molar-refractivity contribution in [2.45, 2.75) is 45.1 Å². The van der Waals surface area contributed by atoms with E-state index in [1.165, 1.54) is 11.1 Å². The lowest BCUT2D eigenvalue weighted by atomic mass is 9.78. The summed E-state index contributed by atoms with van der Waals surface area (Å²) in [4.78, 5) is 0. The molecule has 2 rings (SSSR count). The van der Waals surface area contributed by atoms with Gasteiger partial charge in [-0.2, -0.15) is 0 Å². The van der Waals surface area contributed by atoms with Gasteiger partial charge >= 0.3 is 0 Å². The van der Waals surface area contributed by atoms with Crippen LogP contribution >= 0.6 is 0 Å². The highest BCUT2D eigenvalue weighted by molar-refractivity contribution is 5.42. The summed E-state index contributed by atoms with van der Waals surface area (Å²) in [6, 6.07) is 7.20. The summed E-state index contributed by atoms with van der Waals surface area (Å²) in [5, 5.41) is 3.32. The van der Waals surface area contributed by atoms with Gasteiger partial charge < -0.3 is 10.1 Å². The second kappa shape index (κ2) is 4.69. The Morgan fingerprint density at radius 1 is 1.41 bits per heavy atom. The van der Waals surface area contributed by atoms with Crippen molar-refractivity contribution in [3.8, 4) is 5.75 Å². The smallest absolute Gasteiger partial charge is 0.122 e. The van der Waals surface area contributed by atoms with Crippen LogP contribution in [0.15, 0.2) is 18.2 Å². The quantitative estimate of drug-likeness (QED) is 0.863.